The maximum Gasteiger partial charge on any atom is 0.282 e. The van der Waals surface area contributed by atoms with Crippen molar-refractivity contribution in [2.75, 3.05) is 12.4 Å². The Balaban J connectivity index is 1.79. The van der Waals surface area contributed by atoms with E-state index in [0.29, 0.717) is 22.6 Å². The van der Waals surface area contributed by atoms with Crippen LogP contribution in [0, 0.1) is 0 Å². The topological polar surface area (TPSA) is 84.8 Å². The van der Waals surface area contributed by atoms with Gasteiger partial charge in [-0.15, -0.1) is 0 Å². The first-order valence-electron chi connectivity index (χ1n) is 10.5. The smallest absolute Gasteiger partial charge is 0.282 e. The first kappa shape index (κ1) is 22.5. The minimum atomic E-state index is -3.99. The van der Waals surface area contributed by atoms with Crippen LogP contribution in [0.1, 0.15) is 41.3 Å². The number of sulfonamides is 1. The number of methoxy groups -OCH3 is 1. The van der Waals surface area contributed by atoms with Gasteiger partial charge in [0.15, 0.2) is 0 Å². The normalized spacial score (nSPS) is 14.7. The van der Waals surface area contributed by atoms with Crippen LogP contribution in [0.25, 0.3) is 0 Å². The summed E-state index contributed by atoms with van der Waals surface area (Å²) in [6.45, 7) is 4.08. The molecule has 33 heavy (non-hydrogen) atoms. The van der Waals surface area contributed by atoms with Crippen LogP contribution in [-0.2, 0) is 10.0 Å². The summed E-state index contributed by atoms with van der Waals surface area (Å²) >= 11 is 0. The zero-order valence-corrected chi connectivity index (χ0v) is 19.4. The first-order valence-corrected chi connectivity index (χ1v) is 11.9. The van der Waals surface area contributed by atoms with Crippen LogP contribution in [0.5, 0.6) is 5.75 Å². The highest BCUT2D eigenvalue weighted by Gasteiger charge is 2.26. The molecule has 0 saturated carbocycles. The van der Waals surface area contributed by atoms with Gasteiger partial charge in [0.2, 0.25) is 5.78 Å². The van der Waals surface area contributed by atoms with E-state index in [-0.39, 0.29) is 28.0 Å². The number of rotatable bonds is 6. The monoisotopic (exact) mass is 460 g/mol. The summed E-state index contributed by atoms with van der Waals surface area (Å²) < 4.78 is 35.7. The molecule has 0 amide bonds. The third-order valence-electron chi connectivity index (χ3n) is 5.41. The number of hydrogen-bond donors (Lipinski definition) is 1. The number of carbonyl (C=O) groups is 1. The lowest BCUT2D eigenvalue weighted by Gasteiger charge is -2.19. The molecule has 0 saturated heterocycles. The van der Waals surface area contributed by atoms with Crippen LogP contribution in [-0.4, -0.2) is 27.0 Å². The van der Waals surface area contributed by atoms with Gasteiger partial charge >= 0.3 is 0 Å². The van der Waals surface area contributed by atoms with E-state index in [4.69, 9.17) is 4.74 Å². The number of fused-ring (bicyclic) bond motifs is 1. The number of allylic oxidation sites excluding steroid dienone is 2. The maximum absolute atomic E-state index is 13.1. The van der Waals surface area contributed by atoms with E-state index in [2.05, 4.69) is 9.71 Å². The molecular formula is C26H24N2O4S. The summed E-state index contributed by atoms with van der Waals surface area (Å²) in [5, 5.41) is 3.08. The van der Waals surface area contributed by atoms with Crippen molar-refractivity contribution in [3.8, 4) is 5.75 Å². The van der Waals surface area contributed by atoms with Crippen LogP contribution in [0.4, 0.5) is 5.69 Å². The van der Waals surface area contributed by atoms with Gasteiger partial charge < -0.3 is 10.1 Å². The summed E-state index contributed by atoms with van der Waals surface area (Å²) in [5.41, 5.74) is 2.87. The molecule has 0 aliphatic heterocycles. The van der Waals surface area contributed by atoms with E-state index in [9.17, 15) is 13.2 Å². The summed E-state index contributed by atoms with van der Waals surface area (Å²) in [7, 11) is -2.45. The predicted octanol–water partition coefficient (Wildman–Crippen LogP) is 5.19. The number of nitrogens with one attached hydrogen (secondary N) is 1. The second-order valence-corrected chi connectivity index (χ2v) is 9.54. The summed E-state index contributed by atoms with van der Waals surface area (Å²) in [4.78, 5) is 13.2. The van der Waals surface area contributed by atoms with Crippen LogP contribution in [0.15, 0.2) is 93.9 Å². The second-order valence-electron chi connectivity index (χ2n) is 7.93. The average molecular weight is 461 g/mol. The number of nitrogens with zero attached hydrogens (tertiary/aromatic N) is 1. The van der Waals surface area contributed by atoms with Gasteiger partial charge in [0.25, 0.3) is 10.0 Å². The van der Waals surface area contributed by atoms with Gasteiger partial charge in [-0.1, -0.05) is 62.4 Å². The fourth-order valence-electron chi connectivity index (χ4n) is 3.60. The highest BCUT2D eigenvalue weighted by Crippen LogP contribution is 2.29. The van der Waals surface area contributed by atoms with Crippen molar-refractivity contribution in [1.29, 1.82) is 0 Å². The number of anilines is 1. The lowest BCUT2D eigenvalue weighted by atomic mass is 9.92. The number of hydrogen-bond acceptors (Lipinski definition) is 5. The first-order chi connectivity index (χ1) is 15.8. The summed E-state index contributed by atoms with van der Waals surface area (Å²) in [6, 6.07) is 20.7. The molecule has 1 aliphatic rings. The Hall–Kier alpha value is -3.71. The Morgan fingerprint density at radius 2 is 1.52 bits per heavy atom. The Morgan fingerprint density at radius 1 is 0.879 bits per heavy atom. The van der Waals surface area contributed by atoms with Crippen molar-refractivity contribution in [2.45, 2.75) is 24.7 Å². The minimum Gasteiger partial charge on any atom is -0.495 e. The number of para-hydroxylation sites is 2. The SMILES string of the molecule is COc1ccccc1NC1=C/C(=N/S(=O)(=O)c2ccc(C(C)C)cc2)c2ccccc2C1=O. The van der Waals surface area contributed by atoms with Crippen LogP contribution in [0.3, 0.4) is 0 Å². The van der Waals surface area contributed by atoms with Gasteiger partial charge in [0.1, 0.15) is 5.75 Å². The van der Waals surface area contributed by atoms with Gasteiger partial charge in [-0.05, 0) is 41.8 Å². The van der Waals surface area contributed by atoms with E-state index in [0.717, 1.165) is 5.56 Å². The molecule has 0 bridgehead atoms. The molecule has 0 fully saturated rings. The fraction of sp³-hybridized carbons (Fsp3) is 0.154. The van der Waals surface area contributed by atoms with E-state index >= 15 is 0 Å². The minimum absolute atomic E-state index is 0.0985. The van der Waals surface area contributed by atoms with Crippen molar-refractivity contribution >= 4 is 27.2 Å². The lowest BCUT2D eigenvalue weighted by Crippen LogP contribution is -2.22. The quantitative estimate of drug-likeness (QED) is 0.547. The van der Waals surface area contributed by atoms with Crippen molar-refractivity contribution in [3.05, 3.63) is 101 Å². The number of ether oxygens (including phenoxy) is 1. The molecule has 6 nitrogen and oxygen atoms in total. The molecule has 168 valence electrons. The Labute approximate surface area is 193 Å². The van der Waals surface area contributed by atoms with Crippen molar-refractivity contribution < 1.29 is 17.9 Å². The van der Waals surface area contributed by atoms with Gasteiger partial charge in [0, 0.05) is 11.1 Å². The lowest BCUT2D eigenvalue weighted by molar-refractivity contribution is 0.103. The van der Waals surface area contributed by atoms with Crippen LogP contribution in [0.2, 0.25) is 0 Å². The molecule has 7 heteroatoms. The van der Waals surface area contributed by atoms with Crippen LogP contribution < -0.4 is 10.1 Å². The van der Waals surface area contributed by atoms with Crippen LogP contribution >= 0.6 is 0 Å². The van der Waals surface area contributed by atoms with E-state index in [1.165, 1.54) is 13.2 Å². The summed E-state index contributed by atoms with van der Waals surface area (Å²) in [6.07, 6.45) is 1.47. The molecule has 4 rings (SSSR count). The zero-order chi connectivity index (χ0) is 23.6. The highest BCUT2D eigenvalue weighted by molar-refractivity contribution is 7.90. The molecule has 3 aromatic carbocycles. The fourth-order valence-corrected chi connectivity index (χ4v) is 4.59. The molecule has 0 radical (unpaired) electrons. The van der Waals surface area contributed by atoms with E-state index in [1.54, 1.807) is 60.7 Å². The maximum atomic E-state index is 13.1. The molecule has 0 unspecified atom stereocenters. The van der Waals surface area contributed by atoms with E-state index in [1.807, 2.05) is 26.0 Å². The largest absolute Gasteiger partial charge is 0.495 e. The van der Waals surface area contributed by atoms with Crippen molar-refractivity contribution in [2.24, 2.45) is 4.40 Å². The third-order valence-corrected chi connectivity index (χ3v) is 6.72. The predicted molar refractivity (Wildman–Crippen MR) is 130 cm³/mol. The molecule has 0 aromatic heterocycles. The number of carbonyl (C=O) groups excluding carboxylic acids is 1. The van der Waals surface area contributed by atoms with Gasteiger partial charge in [-0.3, -0.25) is 4.79 Å². The number of ketones is 1. The molecule has 3 aromatic rings. The molecule has 0 atom stereocenters. The molecule has 1 aliphatic carbocycles. The summed E-state index contributed by atoms with van der Waals surface area (Å²) in [5.74, 6) is 0.589. The molecular weight excluding hydrogens is 436 g/mol. The highest BCUT2D eigenvalue weighted by atomic mass is 32.2. The van der Waals surface area contributed by atoms with Crippen molar-refractivity contribution in [3.63, 3.8) is 0 Å². The second kappa shape index (κ2) is 9.03. The molecule has 1 N–H and O–H groups in total. The molecule has 0 heterocycles. The Bertz CT molecular complexity index is 1370. The van der Waals surface area contributed by atoms with E-state index < -0.39 is 10.0 Å². The van der Waals surface area contributed by atoms with Gasteiger partial charge in [-0.25, -0.2) is 0 Å². The zero-order valence-electron chi connectivity index (χ0n) is 18.6. The standard InChI is InChI=1S/C26H24N2O4S/c1-17(2)18-12-14-19(15-13-18)33(30,31)28-23-16-24(26(29)21-9-5-4-8-20(21)23)27-22-10-6-7-11-25(22)32-3/h4-17,27H,1-3H3/b28-23-. The number of benzene rings is 3. The Morgan fingerprint density at radius 3 is 2.18 bits per heavy atom. The average Bonchev–Trinajstić information content (AvgIpc) is 2.82. The molecule has 0 spiro atoms. The third kappa shape index (κ3) is 4.59. The van der Waals surface area contributed by atoms with Gasteiger partial charge in [-0.2, -0.15) is 12.8 Å². The Kier molecular flexibility index (Phi) is 6.16. The van der Waals surface area contributed by atoms with Gasteiger partial charge in [0.05, 0.1) is 29.1 Å². The van der Waals surface area contributed by atoms with Crippen molar-refractivity contribution in [1.82, 2.24) is 0 Å². The number of Topliss-reactive ketones (excluding diaryl/α,β-unsaturated/α-hetero) is 1.